The van der Waals surface area contributed by atoms with E-state index in [0.29, 0.717) is 10.6 Å². The van der Waals surface area contributed by atoms with Gasteiger partial charge in [0.15, 0.2) is 11.5 Å². The van der Waals surface area contributed by atoms with Gasteiger partial charge in [-0.05, 0) is 35.4 Å². The smallest absolute Gasteiger partial charge is 0.433 e. The van der Waals surface area contributed by atoms with Crippen LogP contribution in [0.1, 0.15) is 11.3 Å². The van der Waals surface area contributed by atoms with Gasteiger partial charge in [0.25, 0.3) is 5.56 Å². The van der Waals surface area contributed by atoms with Crippen LogP contribution in [0.5, 0.6) is 5.88 Å². The monoisotopic (exact) mass is 546 g/mol. The Bertz CT molecular complexity index is 1810. The number of fused-ring (bicyclic) bond motifs is 1. The Morgan fingerprint density at radius 1 is 0.974 bits per heavy atom. The normalized spacial score (nSPS) is 11.8. The molecule has 0 aliphatic rings. The maximum absolute atomic E-state index is 14.3. The largest absolute Gasteiger partial charge is 0.491 e. The molecule has 9 nitrogen and oxygen atoms in total. The first-order chi connectivity index (χ1) is 18.0. The lowest BCUT2D eigenvalue weighted by Crippen LogP contribution is -2.33. The Kier molecular flexibility index (Phi) is 6.02. The number of hydrogen-bond acceptors (Lipinski definition) is 6. The molecule has 0 amide bonds. The van der Waals surface area contributed by atoms with E-state index in [0.717, 1.165) is 44.5 Å². The maximum Gasteiger partial charge on any atom is 0.433 e. The fourth-order valence-corrected chi connectivity index (χ4v) is 4.11. The third-order valence-electron chi connectivity index (χ3n) is 5.79. The van der Waals surface area contributed by atoms with E-state index >= 15 is 0 Å². The zero-order chi connectivity index (χ0) is 27.4. The molecular weight excluding hydrogens is 532 g/mol. The predicted molar refractivity (Wildman–Crippen MR) is 128 cm³/mol. The molecule has 0 bridgehead atoms. The molecule has 0 atom stereocenters. The zero-order valence-electron chi connectivity index (χ0n) is 19.2. The maximum atomic E-state index is 14.3. The van der Waals surface area contributed by atoms with Crippen molar-refractivity contribution in [3.05, 3.63) is 97.8 Å². The highest BCUT2D eigenvalue weighted by atomic mass is 35.5. The van der Waals surface area contributed by atoms with Gasteiger partial charge >= 0.3 is 11.9 Å². The Labute approximate surface area is 214 Å². The number of pyridine rings is 2. The van der Waals surface area contributed by atoms with E-state index in [1.54, 1.807) is 24.3 Å². The second kappa shape index (κ2) is 9.10. The molecule has 5 aromatic rings. The van der Waals surface area contributed by atoms with E-state index in [1.807, 2.05) is 0 Å². The van der Waals surface area contributed by atoms with Crippen LogP contribution in [-0.4, -0.2) is 34.1 Å². The fraction of sp³-hybridized carbons (Fsp3) is 0.125. The van der Waals surface area contributed by atoms with Crippen molar-refractivity contribution in [2.75, 3.05) is 0 Å². The van der Waals surface area contributed by atoms with E-state index < -0.39 is 34.8 Å². The summed E-state index contributed by atoms with van der Waals surface area (Å²) >= 11 is 6.00. The summed E-state index contributed by atoms with van der Waals surface area (Å²) in [6, 6.07) is 9.09. The van der Waals surface area contributed by atoms with Crippen LogP contribution in [0.25, 0.3) is 27.9 Å². The first kappa shape index (κ1) is 25.1. The number of halogens is 5. The average Bonchev–Trinajstić information content (AvgIpc) is 3.19. The second-order valence-corrected chi connectivity index (χ2v) is 8.68. The first-order valence-electron chi connectivity index (χ1n) is 10.8. The van der Waals surface area contributed by atoms with Crippen LogP contribution in [0, 0.1) is 5.82 Å². The second-order valence-electron chi connectivity index (χ2n) is 8.24. The summed E-state index contributed by atoms with van der Waals surface area (Å²) in [6.07, 6.45) is -2.54. The third-order valence-corrected chi connectivity index (χ3v) is 6.04. The summed E-state index contributed by atoms with van der Waals surface area (Å²) < 4.78 is 55.9. The van der Waals surface area contributed by atoms with Gasteiger partial charge in [-0.1, -0.05) is 29.8 Å². The van der Waals surface area contributed by atoms with Gasteiger partial charge in [0.2, 0.25) is 5.88 Å². The lowest BCUT2D eigenvalue weighted by molar-refractivity contribution is -0.141. The molecule has 38 heavy (non-hydrogen) atoms. The summed E-state index contributed by atoms with van der Waals surface area (Å²) in [5.74, 6) is -1.93. The number of rotatable bonds is 4. The van der Waals surface area contributed by atoms with Gasteiger partial charge in [0, 0.05) is 35.6 Å². The lowest BCUT2D eigenvalue weighted by Gasteiger charge is -2.13. The van der Waals surface area contributed by atoms with Crippen LogP contribution in [-0.2, 0) is 19.8 Å². The van der Waals surface area contributed by atoms with Crippen molar-refractivity contribution in [1.29, 1.82) is 0 Å². The van der Waals surface area contributed by atoms with Gasteiger partial charge in [-0.3, -0.25) is 9.78 Å². The summed E-state index contributed by atoms with van der Waals surface area (Å²) in [6.45, 7) is -0.266. The summed E-state index contributed by atoms with van der Waals surface area (Å²) in [7, 11) is 1.33. The van der Waals surface area contributed by atoms with Crippen molar-refractivity contribution in [3.8, 4) is 28.1 Å². The molecule has 1 aromatic carbocycles. The molecule has 0 aliphatic heterocycles. The molecule has 4 aromatic heterocycles. The number of benzene rings is 1. The molecule has 0 spiro atoms. The lowest BCUT2D eigenvalue weighted by atomic mass is 9.97. The molecule has 0 saturated carbocycles. The topological polar surface area (TPSA) is 107 Å². The molecule has 1 N–H and O–H groups in total. The first-order valence-corrected chi connectivity index (χ1v) is 11.2. The highest BCUT2D eigenvalue weighted by Crippen LogP contribution is 2.34. The predicted octanol–water partition coefficient (Wildman–Crippen LogP) is 3.88. The van der Waals surface area contributed by atoms with Crippen molar-refractivity contribution < 1.29 is 22.7 Å². The molecule has 4 heterocycles. The summed E-state index contributed by atoms with van der Waals surface area (Å²) in [5.41, 5.74) is -1.81. The van der Waals surface area contributed by atoms with Crippen LogP contribution in [0.4, 0.5) is 17.6 Å². The Morgan fingerprint density at radius 3 is 2.29 bits per heavy atom. The van der Waals surface area contributed by atoms with Gasteiger partial charge in [0.1, 0.15) is 5.69 Å². The van der Waals surface area contributed by atoms with Gasteiger partial charge in [-0.15, -0.1) is 5.10 Å². The molecule has 0 saturated heterocycles. The number of hydrogen-bond donors (Lipinski definition) is 1. The average molecular weight is 547 g/mol. The van der Waals surface area contributed by atoms with E-state index in [-0.39, 0.29) is 34.4 Å². The Morgan fingerprint density at radius 2 is 1.68 bits per heavy atom. The van der Waals surface area contributed by atoms with Crippen LogP contribution in [0.15, 0.2) is 64.4 Å². The molecule has 0 aliphatic carbocycles. The summed E-state index contributed by atoms with van der Waals surface area (Å²) in [5, 5.41) is 14.3. The van der Waals surface area contributed by atoms with E-state index in [9.17, 15) is 32.3 Å². The quantitative estimate of drug-likeness (QED) is 0.343. The molecule has 5 rings (SSSR count). The molecule has 0 radical (unpaired) electrons. The Balaban J connectivity index is 1.77. The number of nitrogens with zero attached hydrogens (tertiary/aromatic N) is 6. The van der Waals surface area contributed by atoms with Crippen molar-refractivity contribution in [2.45, 2.75) is 12.7 Å². The Hall–Kier alpha value is -4.52. The minimum absolute atomic E-state index is 0.0429. The van der Waals surface area contributed by atoms with Crippen LogP contribution in [0.2, 0.25) is 5.02 Å². The molecule has 14 heteroatoms. The van der Waals surface area contributed by atoms with Gasteiger partial charge in [-0.2, -0.15) is 17.7 Å². The molecular formula is C24H15ClF4N6O3. The minimum Gasteiger partial charge on any atom is -0.491 e. The van der Waals surface area contributed by atoms with Crippen molar-refractivity contribution in [2.24, 2.45) is 7.05 Å². The summed E-state index contributed by atoms with van der Waals surface area (Å²) in [4.78, 5) is 33.8. The van der Waals surface area contributed by atoms with E-state index in [1.165, 1.54) is 7.05 Å². The highest BCUT2D eigenvalue weighted by molar-refractivity contribution is 6.30. The molecule has 0 fully saturated rings. The van der Waals surface area contributed by atoms with E-state index in [2.05, 4.69) is 15.1 Å². The number of aryl methyl sites for hydroxylation is 1. The number of aromatic nitrogens is 6. The third kappa shape index (κ3) is 4.30. The molecule has 194 valence electrons. The number of aromatic hydroxyl groups is 1. The van der Waals surface area contributed by atoms with Gasteiger partial charge in [0.05, 0.1) is 12.1 Å². The van der Waals surface area contributed by atoms with Crippen LogP contribution >= 0.6 is 11.6 Å². The van der Waals surface area contributed by atoms with Gasteiger partial charge < -0.3 is 5.11 Å². The fourth-order valence-electron chi connectivity index (χ4n) is 3.98. The van der Waals surface area contributed by atoms with Crippen molar-refractivity contribution in [1.82, 2.24) is 28.9 Å². The zero-order valence-corrected chi connectivity index (χ0v) is 20.0. The highest BCUT2D eigenvalue weighted by Gasteiger charge is 2.32. The van der Waals surface area contributed by atoms with Crippen LogP contribution < -0.4 is 11.2 Å². The molecule has 0 unspecified atom stereocenters. The van der Waals surface area contributed by atoms with E-state index in [4.69, 9.17) is 11.6 Å². The SMILES string of the molecule is Cn1c(=O)c(-c2ccc(Cl)cc2)c(-c2cnc(O)c(F)c2)c2nn(Cc3ccc(C(F)(F)F)nc3)c(=O)n21. The van der Waals surface area contributed by atoms with Crippen molar-refractivity contribution >= 4 is 17.2 Å². The van der Waals surface area contributed by atoms with Gasteiger partial charge in [-0.25, -0.2) is 23.5 Å². The standard InChI is InChI=1S/C24H15ClF4N6O3/c1-33-22(37)19(13-3-5-15(25)6-4-13)18(14-8-16(26)21(36)31-10-14)20-32-34(23(38)35(20)33)11-12-2-7-17(30-9-12)24(27,28)29/h2-10H,11H2,1H3,(H,31,36). The number of alkyl halides is 3. The van der Waals surface area contributed by atoms with Crippen LogP contribution in [0.3, 0.4) is 0 Å². The minimum atomic E-state index is -4.63. The van der Waals surface area contributed by atoms with Crippen molar-refractivity contribution in [3.63, 3.8) is 0 Å².